The lowest BCUT2D eigenvalue weighted by Gasteiger charge is -2.37. The van der Waals surface area contributed by atoms with Crippen molar-refractivity contribution >= 4 is 20.1 Å². The van der Waals surface area contributed by atoms with Crippen LogP contribution in [0.3, 0.4) is 0 Å². The molecule has 0 aromatic heterocycles. The first-order chi connectivity index (χ1) is 13.2. The van der Waals surface area contributed by atoms with Gasteiger partial charge in [-0.15, -0.1) is 0 Å². The minimum Gasteiger partial charge on any atom is -0.458 e. The fourth-order valence-electron chi connectivity index (χ4n) is 2.65. The molecule has 1 atom stereocenters. The summed E-state index contributed by atoms with van der Waals surface area (Å²) in [4.78, 5) is 24.9. The molecule has 5 nitrogen and oxygen atoms in total. The van der Waals surface area contributed by atoms with E-state index < -0.39 is 31.8 Å². The van der Waals surface area contributed by atoms with E-state index in [-0.39, 0.29) is 11.6 Å². The third kappa shape index (κ3) is 9.48. The molecule has 0 aliphatic carbocycles. The van der Waals surface area contributed by atoms with Crippen LogP contribution in [-0.2, 0) is 20.9 Å². The summed E-state index contributed by atoms with van der Waals surface area (Å²) >= 11 is 0. The van der Waals surface area contributed by atoms with E-state index in [1.165, 1.54) is 0 Å². The van der Waals surface area contributed by atoms with E-state index in [1.54, 1.807) is 0 Å². The highest BCUT2D eigenvalue weighted by Crippen LogP contribution is 2.39. The van der Waals surface area contributed by atoms with Gasteiger partial charge in [0.25, 0.3) is 0 Å². The Morgan fingerprint density at radius 1 is 1.03 bits per heavy atom. The maximum absolute atomic E-state index is 12.6. The second-order valence-corrected chi connectivity index (χ2v) is 16.1. The number of benzene rings is 1. The molecule has 6 heteroatoms. The van der Waals surface area contributed by atoms with Crippen molar-refractivity contribution in [2.45, 2.75) is 96.8 Å². The minimum absolute atomic E-state index is 0.164. The summed E-state index contributed by atoms with van der Waals surface area (Å²) in [6.07, 6.45) is 0.804. The second kappa shape index (κ2) is 10.3. The first-order valence-corrected chi connectivity index (χ1v) is 13.6. The molecule has 0 bridgehead atoms. The largest absolute Gasteiger partial charge is 0.458 e. The predicted molar refractivity (Wildman–Crippen MR) is 121 cm³/mol. The van der Waals surface area contributed by atoms with Crippen LogP contribution in [0.25, 0.3) is 0 Å². The van der Waals surface area contributed by atoms with Crippen molar-refractivity contribution in [3.63, 3.8) is 0 Å². The highest BCUT2D eigenvalue weighted by Gasteiger charge is 2.35. The summed E-state index contributed by atoms with van der Waals surface area (Å²) in [6.45, 7) is 17.2. The molecule has 164 valence electrons. The summed E-state index contributed by atoms with van der Waals surface area (Å²) in [6, 6.07) is 9.83. The summed E-state index contributed by atoms with van der Waals surface area (Å²) in [5.74, 6) is -0.413. The molecule has 1 N–H and O–H groups in total. The second-order valence-electron chi connectivity index (χ2n) is 10.3. The molecule has 1 rings (SSSR count). The molecule has 0 unspecified atom stereocenters. The number of hydrogen-bond donors (Lipinski definition) is 1. The van der Waals surface area contributed by atoms with Gasteiger partial charge in [-0.3, -0.25) is 0 Å². The lowest BCUT2D eigenvalue weighted by molar-refractivity contribution is -0.157. The molecule has 0 fully saturated rings. The van der Waals surface area contributed by atoms with Gasteiger partial charge in [0.15, 0.2) is 0 Å². The van der Waals surface area contributed by atoms with Crippen molar-refractivity contribution in [3.8, 4) is 0 Å². The zero-order valence-electron chi connectivity index (χ0n) is 19.4. The number of amides is 1. The van der Waals surface area contributed by atoms with Crippen LogP contribution in [0.2, 0.25) is 24.2 Å². The molecular formula is C23H39NO4Si. The van der Waals surface area contributed by atoms with Crippen LogP contribution in [-0.4, -0.2) is 31.8 Å². The smallest absolute Gasteiger partial charge is 0.408 e. The zero-order valence-corrected chi connectivity index (χ0v) is 20.4. The average molecular weight is 422 g/mol. The monoisotopic (exact) mass is 421 g/mol. The molecular weight excluding hydrogens is 382 g/mol. The third-order valence-corrected chi connectivity index (χ3v) is 11.2. The van der Waals surface area contributed by atoms with E-state index in [1.807, 2.05) is 51.1 Å². The van der Waals surface area contributed by atoms with Crippen LogP contribution in [0.4, 0.5) is 4.79 Å². The first-order valence-electron chi connectivity index (χ1n) is 10.4. The van der Waals surface area contributed by atoms with Gasteiger partial charge in [0, 0.05) is 0 Å². The third-order valence-electron chi connectivity index (χ3n) is 5.52. The van der Waals surface area contributed by atoms with Crippen LogP contribution >= 0.6 is 0 Å². The maximum atomic E-state index is 12.6. The quantitative estimate of drug-likeness (QED) is 0.418. The Hall–Kier alpha value is -1.82. The molecule has 1 amide bonds. The molecule has 0 heterocycles. The lowest BCUT2D eigenvalue weighted by atomic mass is 10.1. The van der Waals surface area contributed by atoms with Crippen molar-refractivity contribution in [1.29, 1.82) is 0 Å². The van der Waals surface area contributed by atoms with Gasteiger partial charge >= 0.3 is 12.1 Å². The Morgan fingerprint density at radius 3 is 2.14 bits per heavy atom. The molecule has 1 aromatic carbocycles. The predicted octanol–water partition coefficient (Wildman–Crippen LogP) is 5.91. The van der Waals surface area contributed by atoms with E-state index in [9.17, 15) is 9.59 Å². The molecule has 29 heavy (non-hydrogen) atoms. The van der Waals surface area contributed by atoms with Crippen molar-refractivity contribution in [2.24, 2.45) is 0 Å². The number of alkyl carbamates (subject to hydrolysis) is 1. The normalized spacial score (nSPS) is 13.5. The summed E-state index contributed by atoms with van der Waals surface area (Å²) in [5.41, 5.74) is 0.291. The number of esters is 1. The number of carbonyl (C=O) groups is 2. The topological polar surface area (TPSA) is 64.6 Å². The van der Waals surface area contributed by atoms with Crippen LogP contribution in [0.1, 0.15) is 59.9 Å². The Bertz CT molecular complexity index is 660. The lowest BCUT2D eigenvalue weighted by Crippen LogP contribution is -2.45. The fourth-order valence-corrected chi connectivity index (χ4v) is 4.49. The zero-order chi connectivity index (χ0) is 22.3. The van der Waals surface area contributed by atoms with Crippen molar-refractivity contribution in [1.82, 2.24) is 5.32 Å². The van der Waals surface area contributed by atoms with Gasteiger partial charge in [-0.1, -0.05) is 76.7 Å². The van der Waals surface area contributed by atoms with E-state index >= 15 is 0 Å². The van der Waals surface area contributed by atoms with Crippen molar-refractivity contribution in [3.05, 3.63) is 35.9 Å². The summed E-state index contributed by atoms with van der Waals surface area (Å²) in [7, 11) is -1.45. The fraction of sp³-hybridized carbons (Fsp3) is 0.652. The van der Waals surface area contributed by atoms with E-state index in [0.717, 1.165) is 18.0 Å². The molecule has 0 aliphatic rings. The van der Waals surface area contributed by atoms with Gasteiger partial charge in [-0.2, -0.15) is 0 Å². The number of rotatable bonds is 8. The standard InChI is InChI=1S/C23H39NO4Si/c1-22(2,3)28-20(25)19(15-12-16-29(7,8)23(4,5)6)24-21(26)27-17-18-13-10-9-11-14-18/h9-11,13-14,19H,12,15-17H2,1-8H3,(H,24,26)/t19-/m0/s1. The highest BCUT2D eigenvalue weighted by atomic mass is 28.3. The molecule has 0 spiro atoms. The molecule has 0 saturated carbocycles. The molecule has 0 saturated heterocycles. The van der Waals surface area contributed by atoms with Gasteiger partial charge in [-0.25, -0.2) is 9.59 Å². The van der Waals surface area contributed by atoms with Gasteiger partial charge < -0.3 is 14.8 Å². The van der Waals surface area contributed by atoms with Crippen LogP contribution < -0.4 is 5.32 Å². The van der Waals surface area contributed by atoms with Gasteiger partial charge in [-0.05, 0) is 37.8 Å². The minimum atomic E-state index is -1.45. The Balaban J connectivity index is 2.70. The SMILES string of the molecule is CC(C)(C)OC(=O)[C@H](CCC[Si](C)(C)C(C)(C)C)NC(=O)OCc1ccccc1. The first kappa shape index (κ1) is 25.2. The highest BCUT2D eigenvalue weighted by molar-refractivity contribution is 6.80. The molecule has 0 aliphatic heterocycles. The van der Waals surface area contributed by atoms with E-state index in [2.05, 4.69) is 39.2 Å². The average Bonchev–Trinajstić information content (AvgIpc) is 2.57. The summed E-state index contributed by atoms with van der Waals surface area (Å²) < 4.78 is 10.8. The van der Waals surface area contributed by atoms with E-state index in [0.29, 0.717) is 6.42 Å². The number of nitrogens with one attached hydrogen (secondary N) is 1. The van der Waals surface area contributed by atoms with Gasteiger partial charge in [0.05, 0.1) is 8.07 Å². The van der Waals surface area contributed by atoms with Crippen molar-refractivity contribution in [2.75, 3.05) is 0 Å². The number of hydrogen-bond acceptors (Lipinski definition) is 4. The van der Waals surface area contributed by atoms with Gasteiger partial charge in [0.2, 0.25) is 0 Å². The van der Waals surface area contributed by atoms with Crippen molar-refractivity contribution < 1.29 is 19.1 Å². The maximum Gasteiger partial charge on any atom is 0.408 e. The van der Waals surface area contributed by atoms with E-state index in [4.69, 9.17) is 9.47 Å². The van der Waals surface area contributed by atoms with Crippen LogP contribution in [0.5, 0.6) is 0 Å². The Kier molecular flexibility index (Phi) is 8.94. The molecule has 1 aromatic rings. The number of carbonyl (C=O) groups excluding carboxylic acids is 2. The molecule has 0 radical (unpaired) electrons. The Morgan fingerprint density at radius 2 is 1.62 bits per heavy atom. The van der Waals surface area contributed by atoms with Crippen LogP contribution in [0, 0.1) is 0 Å². The summed E-state index contributed by atoms with van der Waals surface area (Å²) in [5, 5.41) is 3.00. The number of ether oxygens (including phenoxy) is 2. The Labute approximate surface area is 177 Å². The van der Waals surface area contributed by atoms with Crippen LogP contribution in [0.15, 0.2) is 30.3 Å². The van der Waals surface area contributed by atoms with Gasteiger partial charge in [0.1, 0.15) is 18.2 Å².